The predicted molar refractivity (Wildman–Crippen MR) is 86.2 cm³/mol. The van der Waals surface area contributed by atoms with E-state index in [4.69, 9.17) is 4.74 Å². The predicted octanol–water partition coefficient (Wildman–Crippen LogP) is 1.88. The van der Waals surface area contributed by atoms with E-state index >= 15 is 0 Å². The molecule has 1 aliphatic rings. The van der Waals surface area contributed by atoms with Gasteiger partial charge < -0.3 is 14.5 Å². The Morgan fingerprint density at radius 2 is 1.95 bits per heavy atom. The first-order valence-corrected chi connectivity index (χ1v) is 8.07. The molecule has 1 aliphatic heterocycles. The summed E-state index contributed by atoms with van der Waals surface area (Å²) in [6.07, 6.45) is 0.887. The summed E-state index contributed by atoms with van der Waals surface area (Å²) in [5.41, 5.74) is 0.895. The highest BCUT2D eigenvalue weighted by Gasteiger charge is 2.25. The van der Waals surface area contributed by atoms with Crippen molar-refractivity contribution in [2.75, 3.05) is 37.7 Å². The van der Waals surface area contributed by atoms with E-state index in [2.05, 4.69) is 21.8 Å². The second kappa shape index (κ2) is 7.42. The number of aromatic nitrogens is 2. The van der Waals surface area contributed by atoms with Crippen LogP contribution in [0.1, 0.15) is 32.9 Å². The summed E-state index contributed by atoms with van der Waals surface area (Å²) >= 11 is 0. The Balaban J connectivity index is 2.01. The highest BCUT2D eigenvalue weighted by atomic mass is 16.5. The zero-order chi connectivity index (χ0) is 16.1. The molecule has 1 aromatic heterocycles. The van der Waals surface area contributed by atoms with Crippen LogP contribution in [0, 0.1) is 12.8 Å². The van der Waals surface area contributed by atoms with E-state index in [1.54, 1.807) is 0 Å². The van der Waals surface area contributed by atoms with E-state index in [0.29, 0.717) is 18.4 Å². The van der Waals surface area contributed by atoms with Crippen LogP contribution < -0.4 is 9.64 Å². The Bertz CT molecular complexity index is 513. The number of hydrogen-bond acceptors (Lipinski definition) is 5. The molecule has 122 valence electrons. The second-order valence-electron chi connectivity index (χ2n) is 5.70. The van der Waals surface area contributed by atoms with Crippen LogP contribution >= 0.6 is 0 Å². The molecule has 1 saturated heterocycles. The minimum Gasteiger partial charge on any atom is -0.478 e. The van der Waals surface area contributed by atoms with Crippen LogP contribution in [0.15, 0.2) is 6.07 Å². The van der Waals surface area contributed by atoms with Crippen molar-refractivity contribution in [1.29, 1.82) is 0 Å². The molecule has 22 heavy (non-hydrogen) atoms. The lowest BCUT2D eigenvalue weighted by Crippen LogP contribution is -2.50. The Labute approximate surface area is 132 Å². The minimum atomic E-state index is 0.103. The number of hydrogen-bond donors (Lipinski definition) is 0. The Morgan fingerprint density at radius 1 is 1.27 bits per heavy atom. The molecule has 2 heterocycles. The van der Waals surface area contributed by atoms with Crippen LogP contribution in [0.3, 0.4) is 0 Å². The maximum absolute atomic E-state index is 12.2. The number of rotatable bonds is 5. The third kappa shape index (κ3) is 3.87. The molecule has 0 spiro atoms. The molecule has 1 aromatic rings. The molecule has 0 saturated carbocycles. The van der Waals surface area contributed by atoms with E-state index in [-0.39, 0.29) is 11.8 Å². The summed E-state index contributed by atoms with van der Waals surface area (Å²) in [6.45, 7) is 11.5. The first-order valence-electron chi connectivity index (χ1n) is 8.07. The molecule has 6 heteroatoms. The topological polar surface area (TPSA) is 58.6 Å². The third-order valence-corrected chi connectivity index (χ3v) is 4.02. The molecule has 2 rings (SSSR count). The van der Waals surface area contributed by atoms with E-state index < -0.39 is 0 Å². The lowest BCUT2D eigenvalue weighted by atomic mass is 10.1. The van der Waals surface area contributed by atoms with Gasteiger partial charge in [-0.05, 0) is 20.3 Å². The summed E-state index contributed by atoms with van der Waals surface area (Å²) in [6, 6.07) is 1.84. The molecule has 1 fully saturated rings. The van der Waals surface area contributed by atoms with Crippen LogP contribution in [0.5, 0.6) is 5.88 Å². The summed E-state index contributed by atoms with van der Waals surface area (Å²) in [5.74, 6) is 1.66. The smallest absolute Gasteiger partial charge is 0.228 e. The molecule has 0 aliphatic carbocycles. The molecular formula is C16H26N4O2. The zero-order valence-electron chi connectivity index (χ0n) is 14.0. The SMILES string of the molecule is CCOc1cc(C)nc(N2CCN(C(=O)[C@@H](C)CC)CC2)n1. The van der Waals surface area contributed by atoms with Crippen LogP contribution in [-0.4, -0.2) is 53.6 Å². The van der Waals surface area contributed by atoms with Crippen LogP contribution in [0.25, 0.3) is 0 Å². The van der Waals surface area contributed by atoms with E-state index in [1.807, 2.05) is 31.7 Å². The molecule has 1 atom stereocenters. The maximum atomic E-state index is 12.2. The van der Waals surface area contributed by atoms with Crippen molar-refractivity contribution >= 4 is 11.9 Å². The van der Waals surface area contributed by atoms with Crippen LogP contribution in [0.4, 0.5) is 5.95 Å². The zero-order valence-corrected chi connectivity index (χ0v) is 14.0. The highest BCUT2D eigenvalue weighted by Crippen LogP contribution is 2.18. The number of aryl methyl sites for hydroxylation is 1. The van der Waals surface area contributed by atoms with Crippen molar-refractivity contribution in [3.63, 3.8) is 0 Å². The normalized spacial score (nSPS) is 16.5. The first kappa shape index (κ1) is 16.5. The Hall–Kier alpha value is -1.85. The van der Waals surface area contributed by atoms with Crippen molar-refractivity contribution in [3.05, 3.63) is 11.8 Å². The molecule has 0 radical (unpaired) electrons. The fourth-order valence-corrected chi connectivity index (χ4v) is 2.50. The number of carbonyl (C=O) groups is 1. The lowest BCUT2D eigenvalue weighted by Gasteiger charge is -2.36. The molecule has 1 amide bonds. The van der Waals surface area contributed by atoms with Crippen molar-refractivity contribution in [3.8, 4) is 5.88 Å². The first-order chi connectivity index (χ1) is 10.5. The molecule has 0 unspecified atom stereocenters. The van der Waals surface area contributed by atoms with Crippen LogP contribution in [0.2, 0.25) is 0 Å². The number of amides is 1. The number of nitrogens with zero attached hydrogens (tertiary/aromatic N) is 4. The molecule has 6 nitrogen and oxygen atoms in total. The number of carbonyl (C=O) groups excluding carboxylic acids is 1. The highest BCUT2D eigenvalue weighted by molar-refractivity contribution is 5.78. The van der Waals surface area contributed by atoms with Gasteiger partial charge in [-0.2, -0.15) is 4.98 Å². The van der Waals surface area contributed by atoms with E-state index in [9.17, 15) is 4.79 Å². The third-order valence-electron chi connectivity index (χ3n) is 4.02. The van der Waals surface area contributed by atoms with E-state index in [0.717, 1.165) is 38.3 Å². The monoisotopic (exact) mass is 306 g/mol. The van der Waals surface area contributed by atoms with Gasteiger partial charge in [0.2, 0.25) is 17.7 Å². The maximum Gasteiger partial charge on any atom is 0.228 e. The Morgan fingerprint density at radius 3 is 2.55 bits per heavy atom. The van der Waals surface area contributed by atoms with Gasteiger partial charge in [-0.25, -0.2) is 4.98 Å². The van der Waals surface area contributed by atoms with Gasteiger partial charge in [-0.15, -0.1) is 0 Å². The summed E-state index contributed by atoms with van der Waals surface area (Å²) in [5, 5.41) is 0. The van der Waals surface area contributed by atoms with Gasteiger partial charge in [-0.1, -0.05) is 13.8 Å². The average Bonchev–Trinajstić information content (AvgIpc) is 2.53. The summed E-state index contributed by atoms with van der Waals surface area (Å²) < 4.78 is 5.48. The van der Waals surface area contributed by atoms with Crippen LogP contribution in [-0.2, 0) is 4.79 Å². The van der Waals surface area contributed by atoms with Crippen molar-refractivity contribution in [1.82, 2.24) is 14.9 Å². The molecule has 0 aromatic carbocycles. The van der Waals surface area contributed by atoms with Gasteiger partial charge in [0, 0.05) is 43.9 Å². The number of piperazine rings is 1. The quantitative estimate of drug-likeness (QED) is 0.831. The van der Waals surface area contributed by atoms with Gasteiger partial charge in [0.25, 0.3) is 0 Å². The standard InChI is InChI=1S/C16H26N4O2/c1-5-12(3)15(21)19-7-9-20(10-8-19)16-17-13(4)11-14(18-16)22-6-2/h11-12H,5-10H2,1-4H3/t12-/m0/s1. The molecule has 0 bridgehead atoms. The van der Waals surface area contributed by atoms with Gasteiger partial charge in [0.1, 0.15) is 0 Å². The van der Waals surface area contributed by atoms with Gasteiger partial charge in [-0.3, -0.25) is 4.79 Å². The largest absolute Gasteiger partial charge is 0.478 e. The van der Waals surface area contributed by atoms with Crippen molar-refractivity contribution in [2.45, 2.75) is 34.1 Å². The fourth-order valence-electron chi connectivity index (χ4n) is 2.50. The van der Waals surface area contributed by atoms with Gasteiger partial charge in [0.15, 0.2) is 0 Å². The second-order valence-corrected chi connectivity index (χ2v) is 5.70. The molecular weight excluding hydrogens is 280 g/mol. The fraction of sp³-hybridized carbons (Fsp3) is 0.688. The van der Waals surface area contributed by atoms with Gasteiger partial charge in [0.05, 0.1) is 6.61 Å². The summed E-state index contributed by atoms with van der Waals surface area (Å²) in [4.78, 5) is 25.2. The van der Waals surface area contributed by atoms with Crippen molar-refractivity contribution < 1.29 is 9.53 Å². The Kier molecular flexibility index (Phi) is 5.57. The van der Waals surface area contributed by atoms with E-state index in [1.165, 1.54) is 0 Å². The molecule has 0 N–H and O–H groups in total. The minimum absolute atomic E-state index is 0.103. The van der Waals surface area contributed by atoms with Gasteiger partial charge >= 0.3 is 0 Å². The number of ether oxygens (including phenoxy) is 1. The summed E-state index contributed by atoms with van der Waals surface area (Å²) in [7, 11) is 0. The number of anilines is 1. The average molecular weight is 306 g/mol. The van der Waals surface area contributed by atoms with Crippen molar-refractivity contribution in [2.24, 2.45) is 5.92 Å². The lowest BCUT2D eigenvalue weighted by molar-refractivity contribution is -0.135.